The van der Waals surface area contributed by atoms with E-state index in [2.05, 4.69) is 20.8 Å². The molecule has 0 aromatic rings. The Morgan fingerprint density at radius 2 is 1.89 bits per heavy atom. The molecular weight excluding hydrogens is 248 g/mol. The first kappa shape index (κ1) is 15.9. The second-order valence-corrected chi connectivity index (χ2v) is 8.78. The SMILES string of the molecule is CN(C1CCCC1CN)S(=O)(=O)CCC(C)(C)C. The largest absolute Gasteiger partial charge is 0.330 e. The Kier molecular flexibility index (Phi) is 5.21. The number of rotatable bonds is 5. The second kappa shape index (κ2) is 5.88. The first-order valence-electron chi connectivity index (χ1n) is 6.83. The summed E-state index contributed by atoms with van der Waals surface area (Å²) in [7, 11) is -1.42. The summed E-state index contributed by atoms with van der Waals surface area (Å²) in [6.45, 7) is 6.80. The third-order valence-electron chi connectivity index (χ3n) is 3.94. The summed E-state index contributed by atoms with van der Waals surface area (Å²) in [6.07, 6.45) is 3.79. The van der Waals surface area contributed by atoms with Crippen LogP contribution in [0.3, 0.4) is 0 Å². The van der Waals surface area contributed by atoms with Crippen molar-refractivity contribution in [2.24, 2.45) is 17.1 Å². The number of nitrogens with two attached hydrogens (primary N) is 1. The summed E-state index contributed by atoms with van der Waals surface area (Å²) < 4.78 is 26.2. The van der Waals surface area contributed by atoms with Crippen LogP contribution >= 0.6 is 0 Å². The van der Waals surface area contributed by atoms with Crippen molar-refractivity contribution in [3.8, 4) is 0 Å². The molecule has 0 bridgehead atoms. The van der Waals surface area contributed by atoms with Crippen molar-refractivity contribution in [2.45, 2.75) is 52.5 Å². The van der Waals surface area contributed by atoms with Gasteiger partial charge < -0.3 is 5.73 Å². The Bertz CT molecular complexity index is 360. The van der Waals surface area contributed by atoms with Crippen LogP contribution in [0.4, 0.5) is 0 Å². The zero-order valence-corrected chi connectivity index (χ0v) is 13.0. The summed E-state index contributed by atoms with van der Waals surface area (Å²) in [5, 5.41) is 0. The molecule has 2 N–H and O–H groups in total. The van der Waals surface area contributed by atoms with Gasteiger partial charge in [-0.2, -0.15) is 0 Å². The maximum absolute atomic E-state index is 12.3. The highest BCUT2D eigenvalue weighted by molar-refractivity contribution is 7.89. The molecule has 0 aromatic carbocycles. The van der Waals surface area contributed by atoms with Gasteiger partial charge in [0.1, 0.15) is 0 Å². The lowest BCUT2D eigenvalue weighted by molar-refractivity contribution is 0.301. The van der Waals surface area contributed by atoms with Crippen LogP contribution in [0.5, 0.6) is 0 Å². The molecule has 2 atom stereocenters. The van der Waals surface area contributed by atoms with Crippen LogP contribution in [0.15, 0.2) is 0 Å². The molecule has 0 aromatic heterocycles. The predicted molar refractivity (Wildman–Crippen MR) is 75.8 cm³/mol. The van der Waals surface area contributed by atoms with E-state index in [4.69, 9.17) is 5.73 Å². The summed E-state index contributed by atoms with van der Waals surface area (Å²) >= 11 is 0. The Morgan fingerprint density at radius 3 is 2.39 bits per heavy atom. The summed E-state index contributed by atoms with van der Waals surface area (Å²) in [6, 6.07) is 0.111. The van der Waals surface area contributed by atoms with Gasteiger partial charge in [0.05, 0.1) is 5.75 Å². The third-order valence-corrected chi connectivity index (χ3v) is 5.81. The highest BCUT2D eigenvalue weighted by atomic mass is 32.2. The Labute approximate surface area is 112 Å². The Balaban J connectivity index is 2.67. The lowest BCUT2D eigenvalue weighted by atomic mass is 9.94. The fourth-order valence-corrected chi connectivity index (χ4v) is 4.40. The molecule has 1 aliphatic carbocycles. The smallest absolute Gasteiger partial charge is 0.214 e. The molecule has 0 amide bonds. The van der Waals surface area contributed by atoms with Gasteiger partial charge in [-0.05, 0) is 37.1 Å². The van der Waals surface area contributed by atoms with E-state index in [1.54, 1.807) is 11.4 Å². The quantitative estimate of drug-likeness (QED) is 0.833. The van der Waals surface area contributed by atoms with E-state index in [1.165, 1.54) is 0 Å². The average Bonchev–Trinajstić information content (AvgIpc) is 2.72. The fraction of sp³-hybridized carbons (Fsp3) is 1.00. The molecule has 2 unspecified atom stereocenters. The highest BCUT2D eigenvalue weighted by Crippen LogP contribution is 2.30. The zero-order chi connectivity index (χ0) is 14.0. The van der Waals surface area contributed by atoms with E-state index < -0.39 is 10.0 Å². The third kappa shape index (κ3) is 4.21. The lowest BCUT2D eigenvalue weighted by Crippen LogP contribution is -2.42. The Morgan fingerprint density at radius 1 is 1.28 bits per heavy atom. The minimum Gasteiger partial charge on any atom is -0.330 e. The molecule has 0 aliphatic heterocycles. The molecular formula is C13H28N2O2S. The van der Waals surface area contributed by atoms with Gasteiger partial charge in [-0.3, -0.25) is 0 Å². The monoisotopic (exact) mass is 276 g/mol. The van der Waals surface area contributed by atoms with Crippen LogP contribution in [0.2, 0.25) is 0 Å². The molecule has 4 nitrogen and oxygen atoms in total. The van der Waals surface area contributed by atoms with Crippen molar-refractivity contribution in [3.63, 3.8) is 0 Å². The van der Waals surface area contributed by atoms with Gasteiger partial charge in [0, 0.05) is 13.1 Å². The molecule has 0 heterocycles. The maximum atomic E-state index is 12.3. The number of nitrogens with zero attached hydrogens (tertiary/aromatic N) is 1. The minimum atomic E-state index is -3.14. The highest BCUT2D eigenvalue weighted by Gasteiger charge is 2.35. The van der Waals surface area contributed by atoms with Gasteiger partial charge in [0.2, 0.25) is 10.0 Å². The molecule has 1 aliphatic rings. The van der Waals surface area contributed by atoms with Crippen LogP contribution in [-0.4, -0.2) is 38.1 Å². The topological polar surface area (TPSA) is 63.4 Å². The number of hydrogen-bond acceptors (Lipinski definition) is 3. The Hall–Kier alpha value is -0.130. The molecule has 1 saturated carbocycles. The van der Waals surface area contributed by atoms with E-state index in [0.717, 1.165) is 19.3 Å². The van der Waals surface area contributed by atoms with Gasteiger partial charge in [0.25, 0.3) is 0 Å². The molecule has 1 fully saturated rings. The maximum Gasteiger partial charge on any atom is 0.214 e. The summed E-state index contributed by atoms with van der Waals surface area (Å²) in [5.41, 5.74) is 5.78. The minimum absolute atomic E-state index is 0.0524. The van der Waals surface area contributed by atoms with Crippen LogP contribution < -0.4 is 5.73 Å². The van der Waals surface area contributed by atoms with Crippen molar-refractivity contribution in [1.29, 1.82) is 0 Å². The first-order chi connectivity index (χ1) is 8.17. The van der Waals surface area contributed by atoms with Crippen LogP contribution in [0, 0.1) is 11.3 Å². The van der Waals surface area contributed by atoms with E-state index >= 15 is 0 Å². The molecule has 0 spiro atoms. The van der Waals surface area contributed by atoms with Gasteiger partial charge in [0.15, 0.2) is 0 Å². The van der Waals surface area contributed by atoms with Gasteiger partial charge in [-0.1, -0.05) is 27.2 Å². The van der Waals surface area contributed by atoms with Crippen LogP contribution in [0.1, 0.15) is 46.5 Å². The molecule has 5 heteroatoms. The number of sulfonamides is 1. The second-order valence-electron chi connectivity index (χ2n) is 6.64. The van der Waals surface area contributed by atoms with Gasteiger partial charge >= 0.3 is 0 Å². The fourth-order valence-electron chi connectivity index (χ4n) is 2.56. The molecule has 1 rings (SSSR count). The van der Waals surface area contributed by atoms with Crippen molar-refractivity contribution in [2.75, 3.05) is 19.3 Å². The zero-order valence-electron chi connectivity index (χ0n) is 12.1. The number of hydrogen-bond donors (Lipinski definition) is 1. The molecule has 108 valence electrons. The average molecular weight is 276 g/mol. The first-order valence-corrected chi connectivity index (χ1v) is 8.44. The molecule has 0 radical (unpaired) electrons. The van der Waals surface area contributed by atoms with E-state index in [0.29, 0.717) is 18.9 Å². The van der Waals surface area contributed by atoms with Crippen molar-refractivity contribution >= 4 is 10.0 Å². The van der Waals surface area contributed by atoms with Crippen LogP contribution in [-0.2, 0) is 10.0 Å². The van der Waals surface area contributed by atoms with E-state index in [9.17, 15) is 8.42 Å². The van der Waals surface area contributed by atoms with E-state index in [-0.39, 0.29) is 17.2 Å². The summed E-state index contributed by atoms with van der Waals surface area (Å²) in [5.74, 6) is 0.570. The standard InChI is InChI=1S/C13H28N2O2S/c1-13(2,3)8-9-18(16,17)15(4)12-7-5-6-11(12)10-14/h11-12H,5-10,14H2,1-4H3. The summed E-state index contributed by atoms with van der Waals surface area (Å²) in [4.78, 5) is 0. The van der Waals surface area contributed by atoms with E-state index in [1.807, 2.05) is 0 Å². The normalized spacial score (nSPS) is 25.9. The van der Waals surface area contributed by atoms with Crippen LogP contribution in [0.25, 0.3) is 0 Å². The van der Waals surface area contributed by atoms with Gasteiger partial charge in [-0.15, -0.1) is 0 Å². The van der Waals surface area contributed by atoms with Gasteiger partial charge in [-0.25, -0.2) is 12.7 Å². The molecule has 18 heavy (non-hydrogen) atoms. The predicted octanol–water partition coefficient (Wildman–Crippen LogP) is 1.81. The van der Waals surface area contributed by atoms with Crippen molar-refractivity contribution in [1.82, 2.24) is 4.31 Å². The lowest BCUT2D eigenvalue weighted by Gasteiger charge is -2.29. The van der Waals surface area contributed by atoms with Crippen molar-refractivity contribution in [3.05, 3.63) is 0 Å². The van der Waals surface area contributed by atoms with Crippen molar-refractivity contribution < 1.29 is 8.42 Å². The molecule has 0 saturated heterocycles.